The van der Waals surface area contributed by atoms with Crippen molar-refractivity contribution in [3.63, 3.8) is 0 Å². The van der Waals surface area contributed by atoms with Gasteiger partial charge in [-0.25, -0.2) is 0 Å². The molecular weight excluding hydrogens is 184 g/mol. The van der Waals surface area contributed by atoms with Gasteiger partial charge in [-0.2, -0.15) is 0 Å². The highest BCUT2D eigenvalue weighted by Crippen LogP contribution is 2.34. The summed E-state index contributed by atoms with van der Waals surface area (Å²) < 4.78 is 16.3. The first-order chi connectivity index (χ1) is 6.53. The second-order valence-corrected chi connectivity index (χ2v) is 4.14. The van der Waals surface area contributed by atoms with Gasteiger partial charge in [0.25, 0.3) is 0 Å². The zero-order valence-electron chi connectivity index (χ0n) is 8.64. The molecule has 1 aliphatic heterocycles. The van der Waals surface area contributed by atoms with E-state index in [0.29, 0.717) is 0 Å². The Kier molecular flexibility index (Phi) is 2.39. The van der Waals surface area contributed by atoms with Gasteiger partial charge < -0.3 is 19.3 Å². The Balaban J connectivity index is 2.16. The molecule has 4 nitrogen and oxygen atoms in total. The summed E-state index contributed by atoms with van der Waals surface area (Å²) >= 11 is 0. The molecule has 0 aromatic carbocycles. The van der Waals surface area contributed by atoms with Crippen LogP contribution in [0, 0.1) is 0 Å². The first-order valence-electron chi connectivity index (χ1n) is 4.78. The molecular formula is C10H16O4. The Morgan fingerprint density at radius 2 is 2.00 bits per heavy atom. The second kappa shape index (κ2) is 3.31. The number of rotatable bonds is 1. The van der Waals surface area contributed by atoms with E-state index in [1.54, 1.807) is 7.11 Å². The Hall–Kier alpha value is -0.420. The minimum absolute atomic E-state index is 0.161. The zero-order valence-corrected chi connectivity index (χ0v) is 8.64. The van der Waals surface area contributed by atoms with Gasteiger partial charge in [-0.05, 0) is 13.8 Å². The molecule has 0 aromatic heterocycles. The Morgan fingerprint density at radius 1 is 1.29 bits per heavy atom. The summed E-state index contributed by atoms with van der Waals surface area (Å²) in [5, 5.41) is 9.89. The van der Waals surface area contributed by atoms with Gasteiger partial charge in [-0.3, -0.25) is 0 Å². The van der Waals surface area contributed by atoms with Crippen LogP contribution in [0.2, 0.25) is 0 Å². The molecule has 2 rings (SSSR count). The molecule has 1 heterocycles. The number of hydrogen-bond donors (Lipinski definition) is 1. The predicted molar refractivity (Wildman–Crippen MR) is 49.8 cm³/mol. The van der Waals surface area contributed by atoms with E-state index in [-0.39, 0.29) is 18.3 Å². The lowest BCUT2D eigenvalue weighted by molar-refractivity contribution is -0.159. The van der Waals surface area contributed by atoms with E-state index >= 15 is 0 Å². The van der Waals surface area contributed by atoms with E-state index in [1.165, 1.54) is 0 Å². The van der Waals surface area contributed by atoms with E-state index in [1.807, 2.05) is 26.0 Å². The van der Waals surface area contributed by atoms with Crippen LogP contribution in [0.25, 0.3) is 0 Å². The van der Waals surface area contributed by atoms with Crippen molar-refractivity contribution in [2.45, 2.75) is 44.1 Å². The van der Waals surface area contributed by atoms with Gasteiger partial charge in [-0.1, -0.05) is 12.2 Å². The standard InChI is InChI=1S/C10H16O4/c1-10(2)13-7-5-4-6(12-3)8(11)9(7)14-10/h4-9,11H,1-3H3/t6-,7+,8+,9+/m1/s1. The quantitative estimate of drug-likeness (QED) is 0.624. The molecule has 0 saturated carbocycles. The van der Waals surface area contributed by atoms with E-state index in [9.17, 15) is 5.11 Å². The van der Waals surface area contributed by atoms with E-state index in [0.717, 1.165) is 0 Å². The molecule has 0 amide bonds. The Morgan fingerprint density at radius 3 is 2.64 bits per heavy atom. The fraction of sp³-hybridized carbons (Fsp3) is 0.800. The van der Waals surface area contributed by atoms with Crippen LogP contribution in [0.3, 0.4) is 0 Å². The summed E-state index contributed by atoms with van der Waals surface area (Å²) in [4.78, 5) is 0. The second-order valence-electron chi connectivity index (χ2n) is 4.14. The van der Waals surface area contributed by atoms with Crippen molar-refractivity contribution in [3.05, 3.63) is 12.2 Å². The van der Waals surface area contributed by atoms with Gasteiger partial charge in [0.05, 0.1) is 0 Å². The highest BCUT2D eigenvalue weighted by molar-refractivity contribution is 5.11. The molecule has 14 heavy (non-hydrogen) atoms. The van der Waals surface area contributed by atoms with Crippen molar-refractivity contribution in [1.82, 2.24) is 0 Å². The van der Waals surface area contributed by atoms with Gasteiger partial charge in [0.15, 0.2) is 5.79 Å². The summed E-state index contributed by atoms with van der Waals surface area (Å²) in [5.74, 6) is -0.622. The van der Waals surface area contributed by atoms with Crippen molar-refractivity contribution in [1.29, 1.82) is 0 Å². The van der Waals surface area contributed by atoms with Crippen molar-refractivity contribution >= 4 is 0 Å². The van der Waals surface area contributed by atoms with Gasteiger partial charge in [0.1, 0.15) is 24.4 Å². The highest BCUT2D eigenvalue weighted by Gasteiger charge is 2.47. The molecule has 4 atom stereocenters. The summed E-state index contributed by atoms with van der Waals surface area (Å²) in [6, 6.07) is 0. The summed E-state index contributed by atoms with van der Waals surface area (Å²) in [5.41, 5.74) is 0. The Labute approximate surface area is 83.5 Å². The monoisotopic (exact) mass is 200 g/mol. The zero-order chi connectivity index (χ0) is 10.3. The normalized spacial score (nSPS) is 45.1. The van der Waals surface area contributed by atoms with Gasteiger partial charge in [0.2, 0.25) is 0 Å². The molecule has 0 aromatic rings. The first-order valence-corrected chi connectivity index (χ1v) is 4.78. The Bertz CT molecular complexity index is 249. The molecule has 4 heteroatoms. The molecule has 1 aliphatic carbocycles. The average Bonchev–Trinajstić information content (AvgIpc) is 2.42. The SMILES string of the molecule is CO[C@@H]1C=C[C@@H]2OC(C)(C)O[C@@H]2[C@H]1O. The van der Waals surface area contributed by atoms with Gasteiger partial charge in [0, 0.05) is 7.11 Å². The molecule has 0 unspecified atom stereocenters. The fourth-order valence-corrected chi connectivity index (χ4v) is 1.97. The molecule has 0 bridgehead atoms. The molecule has 80 valence electrons. The number of aliphatic hydroxyl groups excluding tert-OH is 1. The largest absolute Gasteiger partial charge is 0.387 e. The highest BCUT2D eigenvalue weighted by atomic mass is 16.8. The van der Waals surface area contributed by atoms with Crippen LogP contribution in [-0.2, 0) is 14.2 Å². The third kappa shape index (κ3) is 1.59. The van der Waals surface area contributed by atoms with Crippen LogP contribution in [-0.4, -0.2) is 42.4 Å². The van der Waals surface area contributed by atoms with Crippen molar-refractivity contribution in [2.75, 3.05) is 7.11 Å². The van der Waals surface area contributed by atoms with Crippen molar-refractivity contribution in [3.8, 4) is 0 Å². The maximum atomic E-state index is 9.89. The molecule has 2 aliphatic rings. The minimum atomic E-state index is -0.656. The molecule has 1 fully saturated rings. The maximum absolute atomic E-state index is 9.89. The molecule has 1 saturated heterocycles. The van der Waals surface area contributed by atoms with Crippen molar-refractivity contribution < 1.29 is 19.3 Å². The van der Waals surface area contributed by atoms with E-state index in [4.69, 9.17) is 14.2 Å². The van der Waals surface area contributed by atoms with E-state index in [2.05, 4.69) is 0 Å². The van der Waals surface area contributed by atoms with Gasteiger partial charge >= 0.3 is 0 Å². The van der Waals surface area contributed by atoms with Crippen LogP contribution in [0.1, 0.15) is 13.8 Å². The lowest BCUT2D eigenvalue weighted by atomic mass is 9.96. The maximum Gasteiger partial charge on any atom is 0.164 e. The lowest BCUT2D eigenvalue weighted by Crippen LogP contribution is -2.45. The molecule has 0 radical (unpaired) electrons. The van der Waals surface area contributed by atoms with Crippen LogP contribution < -0.4 is 0 Å². The van der Waals surface area contributed by atoms with Gasteiger partial charge in [-0.15, -0.1) is 0 Å². The number of aliphatic hydroxyl groups is 1. The van der Waals surface area contributed by atoms with E-state index < -0.39 is 11.9 Å². The first kappa shape index (κ1) is 10.1. The summed E-state index contributed by atoms with van der Waals surface area (Å²) in [7, 11) is 1.57. The summed E-state index contributed by atoms with van der Waals surface area (Å²) in [6.45, 7) is 3.68. The predicted octanol–water partition coefficient (Wildman–Crippen LogP) is 0.452. The molecule has 0 spiro atoms. The third-order valence-electron chi connectivity index (χ3n) is 2.60. The van der Waals surface area contributed by atoms with Crippen LogP contribution in [0.15, 0.2) is 12.2 Å². The van der Waals surface area contributed by atoms with Crippen LogP contribution >= 0.6 is 0 Å². The topological polar surface area (TPSA) is 47.9 Å². The molecule has 1 N–H and O–H groups in total. The van der Waals surface area contributed by atoms with Crippen molar-refractivity contribution in [2.24, 2.45) is 0 Å². The third-order valence-corrected chi connectivity index (χ3v) is 2.60. The lowest BCUT2D eigenvalue weighted by Gasteiger charge is -2.29. The minimum Gasteiger partial charge on any atom is -0.387 e. The van der Waals surface area contributed by atoms with Crippen LogP contribution in [0.4, 0.5) is 0 Å². The average molecular weight is 200 g/mol. The number of ether oxygens (including phenoxy) is 3. The van der Waals surface area contributed by atoms with Crippen LogP contribution in [0.5, 0.6) is 0 Å². The number of hydrogen-bond acceptors (Lipinski definition) is 4. The smallest absolute Gasteiger partial charge is 0.164 e. The number of fused-ring (bicyclic) bond motifs is 1. The number of methoxy groups -OCH3 is 1. The summed E-state index contributed by atoms with van der Waals surface area (Å²) in [6.07, 6.45) is 2.27. The fourth-order valence-electron chi connectivity index (χ4n) is 1.97.